The fourth-order valence-corrected chi connectivity index (χ4v) is 2.40. The molecule has 0 spiro atoms. The van der Waals surface area contributed by atoms with E-state index < -0.39 is 10.0 Å². The summed E-state index contributed by atoms with van der Waals surface area (Å²) in [5, 5.41) is 0. The molecule has 4 nitrogen and oxygen atoms in total. The van der Waals surface area contributed by atoms with Gasteiger partial charge in [0.1, 0.15) is 11.6 Å². The Hall–Kier alpha value is -1.95. The third kappa shape index (κ3) is 3.62. The first-order chi connectivity index (χ1) is 10.2. The summed E-state index contributed by atoms with van der Waals surface area (Å²) in [5.41, 5.74) is 2.34. The van der Waals surface area contributed by atoms with E-state index in [2.05, 4.69) is 4.98 Å². The second-order valence-corrected chi connectivity index (χ2v) is 7.55. The van der Waals surface area contributed by atoms with Gasteiger partial charge in [0.15, 0.2) is 0 Å². The van der Waals surface area contributed by atoms with E-state index in [0.29, 0.717) is 11.5 Å². The molecule has 22 heavy (non-hydrogen) atoms. The minimum absolute atomic E-state index is 0.217. The minimum atomic E-state index is -3.39. The number of benzene rings is 1. The smallest absolute Gasteiger partial charge is 0.233 e. The lowest BCUT2D eigenvalue weighted by Gasteiger charge is -2.19. The summed E-state index contributed by atoms with van der Waals surface area (Å²) in [6.07, 6.45) is 1.13. The maximum Gasteiger partial charge on any atom is 0.233 e. The van der Waals surface area contributed by atoms with Crippen molar-refractivity contribution in [3.63, 3.8) is 0 Å². The zero-order valence-electron chi connectivity index (χ0n) is 13.0. The van der Waals surface area contributed by atoms with Gasteiger partial charge < -0.3 is 0 Å². The molecule has 0 saturated carbocycles. The summed E-state index contributed by atoms with van der Waals surface area (Å²) in [7, 11) is -1.92. The van der Waals surface area contributed by atoms with Crippen LogP contribution in [-0.2, 0) is 10.0 Å². The number of nitrogens with zero attached hydrogens (tertiary/aromatic N) is 2. The van der Waals surface area contributed by atoms with Crippen LogP contribution in [0.1, 0.15) is 25.3 Å². The van der Waals surface area contributed by atoms with Crippen LogP contribution in [0.25, 0.3) is 11.3 Å². The molecule has 118 valence electrons. The number of pyridine rings is 1. The molecule has 0 N–H and O–H groups in total. The van der Waals surface area contributed by atoms with E-state index in [1.165, 1.54) is 19.2 Å². The Kier molecular flexibility index (Phi) is 4.51. The highest BCUT2D eigenvalue weighted by Crippen LogP contribution is 2.27. The largest absolute Gasteiger partial charge is 0.257 e. The van der Waals surface area contributed by atoms with E-state index in [0.717, 1.165) is 21.7 Å². The number of halogens is 1. The molecule has 1 aromatic heterocycles. The Bertz CT molecular complexity index is 771. The third-order valence-electron chi connectivity index (χ3n) is 3.46. The van der Waals surface area contributed by atoms with Crippen LogP contribution in [0.15, 0.2) is 36.4 Å². The zero-order valence-corrected chi connectivity index (χ0v) is 13.9. The van der Waals surface area contributed by atoms with Crippen LogP contribution in [0.2, 0.25) is 0 Å². The summed E-state index contributed by atoms with van der Waals surface area (Å²) in [6, 6.07) is 9.65. The van der Waals surface area contributed by atoms with E-state index >= 15 is 0 Å². The Morgan fingerprint density at radius 2 is 1.73 bits per heavy atom. The number of hydrogen-bond acceptors (Lipinski definition) is 3. The molecule has 0 aliphatic carbocycles. The van der Waals surface area contributed by atoms with Crippen molar-refractivity contribution >= 4 is 15.8 Å². The van der Waals surface area contributed by atoms with Crippen LogP contribution in [0.3, 0.4) is 0 Å². The molecule has 0 bridgehead atoms. The van der Waals surface area contributed by atoms with Crippen molar-refractivity contribution in [1.82, 2.24) is 4.98 Å². The predicted molar refractivity (Wildman–Crippen MR) is 87.0 cm³/mol. The second kappa shape index (κ2) is 6.04. The van der Waals surface area contributed by atoms with Crippen molar-refractivity contribution in [2.24, 2.45) is 0 Å². The monoisotopic (exact) mass is 322 g/mol. The van der Waals surface area contributed by atoms with Crippen molar-refractivity contribution in [2.75, 3.05) is 17.6 Å². The lowest BCUT2D eigenvalue weighted by molar-refractivity contribution is 0.600. The van der Waals surface area contributed by atoms with E-state index in [-0.39, 0.29) is 11.7 Å². The maximum absolute atomic E-state index is 13.1. The number of rotatable bonds is 4. The van der Waals surface area contributed by atoms with Gasteiger partial charge in [-0.1, -0.05) is 13.8 Å². The second-order valence-electron chi connectivity index (χ2n) is 5.54. The first kappa shape index (κ1) is 16.4. The van der Waals surface area contributed by atoms with Crippen molar-refractivity contribution in [2.45, 2.75) is 19.8 Å². The average Bonchev–Trinajstić information content (AvgIpc) is 2.45. The summed E-state index contributed by atoms with van der Waals surface area (Å²) < 4.78 is 37.7. The summed E-state index contributed by atoms with van der Waals surface area (Å²) >= 11 is 0. The average molecular weight is 322 g/mol. The van der Waals surface area contributed by atoms with Gasteiger partial charge in [-0.05, 0) is 47.9 Å². The summed E-state index contributed by atoms with van der Waals surface area (Å²) in [4.78, 5) is 4.41. The van der Waals surface area contributed by atoms with Gasteiger partial charge in [0.2, 0.25) is 10.0 Å². The number of aromatic nitrogens is 1. The lowest BCUT2D eigenvalue weighted by atomic mass is 10.0. The van der Waals surface area contributed by atoms with Crippen LogP contribution >= 0.6 is 0 Å². The van der Waals surface area contributed by atoms with E-state index in [4.69, 9.17) is 0 Å². The molecule has 0 amide bonds. The van der Waals surface area contributed by atoms with Gasteiger partial charge in [0.05, 0.1) is 11.9 Å². The van der Waals surface area contributed by atoms with Gasteiger partial charge in [-0.15, -0.1) is 0 Å². The highest BCUT2D eigenvalue weighted by atomic mass is 32.2. The van der Waals surface area contributed by atoms with Gasteiger partial charge >= 0.3 is 0 Å². The van der Waals surface area contributed by atoms with E-state index in [1.54, 1.807) is 18.2 Å². The van der Waals surface area contributed by atoms with Gasteiger partial charge in [-0.25, -0.2) is 17.8 Å². The van der Waals surface area contributed by atoms with Crippen LogP contribution in [0.4, 0.5) is 10.2 Å². The van der Waals surface area contributed by atoms with Gasteiger partial charge in [0, 0.05) is 12.6 Å². The number of sulfonamides is 1. The molecular weight excluding hydrogens is 303 g/mol. The highest BCUT2D eigenvalue weighted by molar-refractivity contribution is 7.92. The van der Waals surface area contributed by atoms with E-state index in [1.807, 2.05) is 19.9 Å². The maximum atomic E-state index is 13.1. The third-order valence-corrected chi connectivity index (χ3v) is 4.64. The molecule has 2 aromatic rings. The normalized spacial score (nSPS) is 11.7. The molecule has 0 saturated heterocycles. The Morgan fingerprint density at radius 3 is 2.23 bits per heavy atom. The fourth-order valence-electron chi connectivity index (χ4n) is 1.97. The zero-order chi connectivity index (χ0) is 16.5. The van der Waals surface area contributed by atoms with Crippen molar-refractivity contribution < 1.29 is 12.8 Å². The Morgan fingerprint density at radius 1 is 1.14 bits per heavy atom. The molecule has 6 heteroatoms. The molecule has 0 atom stereocenters. The van der Waals surface area contributed by atoms with Crippen LogP contribution in [0, 0.1) is 5.82 Å². The molecule has 2 rings (SSSR count). The van der Waals surface area contributed by atoms with Gasteiger partial charge in [-0.2, -0.15) is 0 Å². The van der Waals surface area contributed by atoms with Gasteiger partial charge in [0.25, 0.3) is 0 Å². The highest BCUT2D eigenvalue weighted by Gasteiger charge is 2.16. The predicted octanol–water partition coefficient (Wildman–Crippen LogP) is 3.41. The Labute approximate surface area is 130 Å². The van der Waals surface area contributed by atoms with Crippen LogP contribution in [-0.4, -0.2) is 26.7 Å². The topological polar surface area (TPSA) is 50.3 Å². The summed E-state index contributed by atoms with van der Waals surface area (Å²) in [6.45, 7) is 4.04. The quantitative estimate of drug-likeness (QED) is 0.867. The molecule has 1 aromatic carbocycles. The summed E-state index contributed by atoms with van der Waals surface area (Å²) in [5.74, 6) is 0.249. The fraction of sp³-hybridized carbons (Fsp3) is 0.312. The minimum Gasteiger partial charge on any atom is -0.257 e. The molecule has 0 fully saturated rings. The Balaban J connectivity index is 2.59. The lowest BCUT2D eigenvalue weighted by Crippen LogP contribution is -2.26. The number of hydrogen-bond donors (Lipinski definition) is 0. The van der Waals surface area contributed by atoms with Crippen molar-refractivity contribution in [1.29, 1.82) is 0 Å². The molecular formula is C16H19FN2O2S. The number of anilines is 1. The van der Waals surface area contributed by atoms with Gasteiger partial charge in [-0.3, -0.25) is 4.31 Å². The molecule has 0 aliphatic heterocycles. The molecule has 0 radical (unpaired) electrons. The molecule has 0 aliphatic rings. The SMILES string of the molecule is CC(C)c1cc(-c2ccc(F)cc2)nc(N(C)S(C)(=O)=O)c1. The molecule has 0 unspecified atom stereocenters. The first-order valence-electron chi connectivity index (χ1n) is 6.90. The van der Waals surface area contributed by atoms with Crippen LogP contribution in [0.5, 0.6) is 0 Å². The standard InChI is InChI=1S/C16H19FN2O2S/c1-11(2)13-9-15(12-5-7-14(17)8-6-12)18-16(10-13)19(3)22(4,20)21/h5-11H,1-4H3. The van der Waals surface area contributed by atoms with Crippen molar-refractivity contribution in [3.05, 3.63) is 47.8 Å². The first-order valence-corrected chi connectivity index (χ1v) is 8.75. The molecule has 1 heterocycles. The van der Waals surface area contributed by atoms with Crippen molar-refractivity contribution in [3.8, 4) is 11.3 Å². The van der Waals surface area contributed by atoms with E-state index in [9.17, 15) is 12.8 Å². The van der Waals surface area contributed by atoms with Crippen LogP contribution < -0.4 is 4.31 Å².